The van der Waals surface area contributed by atoms with Gasteiger partial charge < -0.3 is 10.4 Å². The van der Waals surface area contributed by atoms with Crippen molar-refractivity contribution in [3.63, 3.8) is 0 Å². The first-order valence-electron chi connectivity index (χ1n) is 8.02. The van der Waals surface area contributed by atoms with Gasteiger partial charge in [0, 0.05) is 13.0 Å². The van der Waals surface area contributed by atoms with Crippen molar-refractivity contribution in [3.05, 3.63) is 0 Å². The number of carbonyl (C=O) groups is 2. The highest BCUT2D eigenvalue weighted by Gasteiger charge is 2.42. The molecular formula is C16H27NO3. The highest BCUT2D eigenvalue weighted by molar-refractivity contribution is 5.85. The second-order valence-corrected chi connectivity index (χ2v) is 6.91. The Bertz CT molecular complexity index is 361. The van der Waals surface area contributed by atoms with Crippen LogP contribution in [0.2, 0.25) is 0 Å². The normalized spacial score (nSPS) is 29.1. The van der Waals surface area contributed by atoms with Gasteiger partial charge in [-0.25, -0.2) is 0 Å². The van der Waals surface area contributed by atoms with Crippen molar-refractivity contribution in [2.45, 2.75) is 64.7 Å². The first kappa shape index (κ1) is 15.3. The van der Waals surface area contributed by atoms with E-state index >= 15 is 0 Å². The molecule has 4 heteroatoms. The van der Waals surface area contributed by atoms with Crippen LogP contribution in [0.15, 0.2) is 0 Å². The summed E-state index contributed by atoms with van der Waals surface area (Å²) in [5, 5.41) is 12.4. The molecule has 0 radical (unpaired) electrons. The lowest BCUT2D eigenvalue weighted by molar-refractivity contribution is -0.151. The number of aliphatic carboxylic acids is 1. The van der Waals surface area contributed by atoms with Crippen LogP contribution in [0.25, 0.3) is 0 Å². The van der Waals surface area contributed by atoms with Crippen LogP contribution in [0.3, 0.4) is 0 Å². The number of carbonyl (C=O) groups excluding carboxylic acids is 1. The lowest BCUT2D eigenvalue weighted by Crippen LogP contribution is -2.38. The maximum Gasteiger partial charge on any atom is 0.310 e. The Balaban J connectivity index is 1.78. The molecule has 0 spiro atoms. The molecule has 2 aliphatic carbocycles. The molecule has 0 saturated heterocycles. The molecule has 2 rings (SSSR count). The Morgan fingerprint density at radius 3 is 2.50 bits per heavy atom. The molecule has 1 amide bonds. The minimum atomic E-state index is -0.795. The second-order valence-electron chi connectivity index (χ2n) is 6.91. The molecule has 2 unspecified atom stereocenters. The highest BCUT2D eigenvalue weighted by Crippen LogP contribution is 2.41. The Morgan fingerprint density at radius 1 is 1.20 bits per heavy atom. The Morgan fingerprint density at radius 2 is 1.90 bits per heavy atom. The Hall–Kier alpha value is -1.06. The summed E-state index contributed by atoms with van der Waals surface area (Å²) in [5.74, 6) is 0.460. The second kappa shape index (κ2) is 6.59. The van der Waals surface area contributed by atoms with Crippen molar-refractivity contribution in [2.24, 2.45) is 17.3 Å². The quantitative estimate of drug-likeness (QED) is 0.814. The van der Waals surface area contributed by atoms with E-state index in [9.17, 15) is 14.7 Å². The van der Waals surface area contributed by atoms with Crippen LogP contribution in [0.4, 0.5) is 0 Å². The van der Waals surface area contributed by atoms with E-state index in [-0.39, 0.29) is 12.3 Å². The average molecular weight is 281 g/mol. The zero-order valence-corrected chi connectivity index (χ0v) is 12.5. The van der Waals surface area contributed by atoms with Crippen LogP contribution >= 0.6 is 0 Å². The van der Waals surface area contributed by atoms with Crippen molar-refractivity contribution in [2.75, 3.05) is 6.54 Å². The zero-order chi connectivity index (χ0) is 14.6. The number of carboxylic acids is 1. The van der Waals surface area contributed by atoms with Crippen LogP contribution in [0.1, 0.15) is 64.7 Å². The number of rotatable bonds is 5. The summed E-state index contributed by atoms with van der Waals surface area (Å²) < 4.78 is 0. The van der Waals surface area contributed by atoms with E-state index in [1.165, 1.54) is 25.7 Å². The lowest BCUT2D eigenvalue weighted by Gasteiger charge is -2.28. The third-order valence-corrected chi connectivity index (χ3v) is 5.15. The van der Waals surface area contributed by atoms with E-state index in [2.05, 4.69) is 12.2 Å². The SMILES string of the molecule is CC1CCCC(CNC(=O)CC2(C(=O)O)CCCC2)C1. The van der Waals surface area contributed by atoms with Crippen LogP contribution in [-0.4, -0.2) is 23.5 Å². The van der Waals surface area contributed by atoms with Crippen molar-refractivity contribution >= 4 is 11.9 Å². The predicted octanol–water partition coefficient (Wildman–Crippen LogP) is 2.96. The van der Waals surface area contributed by atoms with E-state index in [1.54, 1.807) is 0 Å². The summed E-state index contributed by atoms with van der Waals surface area (Å²) in [5.41, 5.74) is -0.788. The van der Waals surface area contributed by atoms with Gasteiger partial charge in [-0.2, -0.15) is 0 Å². The van der Waals surface area contributed by atoms with Gasteiger partial charge in [0.15, 0.2) is 0 Å². The molecule has 114 valence electrons. The van der Waals surface area contributed by atoms with Gasteiger partial charge in [0.2, 0.25) is 5.91 Å². The van der Waals surface area contributed by atoms with Crippen molar-refractivity contribution in [3.8, 4) is 0 Å². The van der Waals surface area contributed by atoms with Crippen molar-refractivity contribution in [1.29, 1.82) is 0 Å². The van der Waals surface area contributed by atoms with Gasteiger partial charge in [0.05, 0.1) is 5.41 Å². The lowest BCUT2D eigenvalue weighted by atomic mass is 9.81. The molecule has 0 aromatic rings. The predicted molar refractivity (Wildman–Crippen MR) is 77.3 cm³/mol. The Labute approximate surface area is 121 Å². The first-order chi connectivity index (χ1) is 9.52. The summed E-state index contributed by atoms with van der Waals surface area (Å²) in [7, 11) is 0. The maximum absolute atomic E-state index is 12.1. The smallest absolute Gasteiger partial charge is 0.310 e. The van der Waals surface area contributed by atoms with E-state index < -0.39 is 11.4 Å². The Kier molecular flexibility index (Phi) is 5.06. The van der Waals surface area contributed by atoms with Crippen LogP contribution in [0.5, 0.6) is 0 Å². The van der Waals surface area contributed by atoms with Crippen LogP contribution < -0.4 is 5.32 Å². The van der Waals surface area contributed by atoms with Gasteiger partial charge in [0.1, 0.15) is 0 Å². The number of amides is 1. The van der Waals surface area contributed by atoms with Gasteiger partial charge in [-0.15, -0.1) is 0 Å². The molecule has 0 aliphatic heterocycles. The van der Waals surface area contributed by atoms with Gasteiger partial charge in [-0.1, -0.05) is 32.6 Å². The van der Waals surface area contributed by atoms with Gasteiger partial charge in [0.25, 0.3) is 0 Å². The monoisotopic (exact) mass is 281 g/mol. The average Bonchev–Trinajstić information content (AvgIpc) is 2.86. The molecule has 0 aromatic heterocycles. The fourth-order valence-electron chi connectivity index (χ4n) is 3.89. The molecule has 2 atom stereocenters. The molecular weight excluding hydrogens is 254 g/mol. The fourth-order valence-corrected chi connectivity index (χ4v) is 3.89. The molecule has 4 nitrogen and oxygen atoms in total. The molecule has 2 N–H and O–H groups in total. The summed E-state index contributed by atoms with van der Waals surface area (Å²) in [6.07, 6.45) is 8.24. The minimum Gasteiger partial charge on any atom is -0.481 e. The van der Waals surface area contributed by atoms with Crippen molar-refractivity contribution < 1.29 is 14.7 Å². The number of carboxylic acid groups (broad SMARTS) is 1. The van der Waals surface area contributed by atoms with Gasteiger partial charge >= 0.3 is 5.97 Å². The van der Waals surface area contributed by atoms with Crippen molar-refractivity contribution in [1.82, 2.24) is 5.32 Å². The van der Waals surface area contributed by atoms with E-state index in [4.69, 9.17) is 0 Å². The van der Waals surface area contributed by atoms with Crippen LogP contribution in [-0.2, 0) is 9.59 Å². The third kappa shape index (κ3) is 3.74. The molecule has 0 bridgehead atoms. The molecule has 2 fully saturated rings. The standard InChI is InChI=1S/C16H27NO3/c1-12-5-4-6-13(9-12)11-17-14(18)10-16(15(19)20)7-2-3-8-16/h12-13H,2-11H2,1H3,(H,17,18)(H,19,20). The number of hydrogen-bond acceptors (Lipinski definition) is 2. The fraction of sp³-hybridized carbons (Fsp3) is 0.875. The summed E-state index contributed by atoms with van der Waals surface area (Å²) in [6, 6.07) is 0. The summed E-state index contributed by atoms with van der Waals surface area (Å²) in [4.78, 5) is 23.5. The summed E-state index contributed by atoms with van der Waals surface area (Å²) >= 11 is 0. The van der Waals surface area contributed by atoms with E-state index in [0.717, 1.165) is 25.3 Å². The van der Waals surface area contributed by atoms with Gasteiger partial charge in [-0.3, -0.25) is 9.59 Å². The molecule has 2 saturated carbocycles. The number of hydrogen-bond donors (Lipinski definition) is 2. The third-order valence-electron chi connectivity index (χ3n) is 5.15. The first-order valence-corrected chi connectivity index (χ1v) is 8.02. The maximum atomic E-state index is 12.1. The van der Waals surface area contributed by atoms with E-state index in [0.29, 0.717) is 18.8 Å². The zero-order valence-electron chi connectivity index (χ0n) is 12.5. The molecule has 20 heavy (non-hydrogen) atoms. The highest BCUT2D eigenvalue weighted by atomic mass is 16.4. The molecule has 2 aliphatic rings. The number of nitrogens with one attached hydrogen (secondary N) is 1. The topological polar surface area (TPSA) is 66.4 Å². The molecule has 0 aromatic carbocycles. The summed E-state index contributed by atoms with van der Waals surface area (Å²) in [6.45, 7) is 2.99. The molecule has 0 heterocycles. The van der Waals surface area contributed by atoms with E-state index in [1.807, 2.05) is 0 Å². The van der Waals surface area contributed by atoms with Crippen LogP contribution in [0, 0.1) is 17.3 Å². The van der Waals surface area contributed by atoms with Gasteiger partial charge in [-0.05, 0) is 37.5 Å². The minimum absolute atomic E-state index is 0.0764. The largest absolute Gasteiger partial charge is 0.481 e.